The number of aryl methyl sites for hydroxylation is 1. The molecule has 3 heterocycles. The number of nitro benzene ring substituents is 1. The molecule has 2 aromatic carbocycles. The quantitative estimate of drug-likeness (QED) is 0.316. The normalized spacial score (nSPS) is 27.0. The number of nitro groups is 1. The van der Waals surface area contributed by atoms with Crippen LogP contribution < -0.4 is 4.90 Å². The van der Waals surface area contributed by atoms with Crippen molar-refractivity contribution in [3.63, 3.8) is 0 Å². The van der Waals surface area contributed by atoms with Crippen molar-refractivity contribution in [2.45, 2.75) is 31.8 Å². The molecule has 3 aliphatic heterocycles. The Labute approximate surface area is 182 Å². The number of Topliss-reactive ketones (excluding diaryl/α,β-unsaturated/α-hetero) is 1. The fraction of sp³-hybridized carbons (Fsp3) is 0.348. The van der Waals surface area contributed by atoms with Crippen LogP contribution >= 0.6 is 0 Å². The molecular weight excluding hydrogens is 417 g/mol. The van der Waals surface area contributed by atoms with Crippen LogP contribution in [0.1, 0.15) is 28.8 Å². The first-order valence-corrected chi connectivity index (χ1v) is 10.5. The summed E-state index contributed by atoms with van der Waals surface area (Å²) in [5.41, 5.74) is 0.910. The number of nitrogens with zero attached hydrogens (tertiary/aromatic N) is 3. The molecule has 2 amide bonds. The maximum Gasteiger partial charge on any atom is 0.269 e. The Balaban J connectivity index is 1.54. The van der Waals surface area contributed by atoms with Crippen LogP contribution in [0.15, 0.2) is 42.5 Å². The molecule has 2 aromatic rings. The van der Waals surface area contributed by atoms with Crippen molar-refractivity contribution in [1.29, 1.82) is 0 Å². The first kappa shape index (κ1) is 20.4. The standard InChI is InChI=1S/C23H20FN3O5/c1-12-11-15(27(31)32)8-9-16(12)26-22(29)18-17-3-2-10-25(17)20(19(18)23(26)30)21(28)13-4-6-14(24)7-5-13/h4-9,11,17-20H,2-3,10H2,1H3/t17-,18-,19+,20+/m1/s1. The lowest BCUT2D eigenvalue weighted by Gasteiger charge is -2.28. The highest BCUT2D eigenvalue weighted by molar-refractivity contribution is 6.24. The van der Waals surface area contributed by atoms with Gasteiger partial charge >= 0.3 is 0 Å². The third-order valence-corrected chi connectivity index (χ3v) is 6.88. The van der Waals surface area contributed by atoms with E-state index in [1.54, 1.807) is 6.92 Å². The van der Waals surface area contributed by atoms with Gasteiger partial charge in [0.15, 0.2) is 5.78 Å². The van der Waals surface area contributed by atoms with Gasteiger partial charge in [0.1, 0.15) is 5.82 Å². The molecule has 32 heavy (non-hydrogen) atoms. The number of fused-ring (bicyclic) bond motifs is 3. The van der Waals surface area contributed by atoms with Gasteiger partial charge in [-0.25, -0.2) is 9.29 Å². The van der Waals surface area contributed by atoms with E-state index in [0.29, 0.717) is 29.8 Å². The van der Waals surface area contributed by atoms with Crippen molar-refractivity contribution in [2.75, 3.05) is 11.4 Å². The van der Waals surface area contributed by atoms with Crippen LogP contribution in [0.4, 0.5) is 15.8 Å². The van der Waals surface area contributed by atoms with Crippen molar-refractivity contribution in [3.8, 4) is 0 Å². The van der Waals surface area contributed by atoms with Gasteiger partial charge < -0.3 is 0 Å². The van der Waals surface area contributed by atoms with Crippen LogP contribution in [0.25, 0.3) is 0 Å². The molecule has 3 fully saturated rings. The fourth-order valence-electron chi connectivity index (χ4n) is 5.54. The Bertz CT molecular complexity index is 1160. The molecule has 0 bridgehead atoms. The molecule has 9 heteroatoms. The Morgan fingerprint density at radius 1 is 1.09 bits per heavy atom. The molecule has 3 aliphatic rings. The maximum atomic E-state index is 13.5. The molecule has 0 aliphatic carbocycles. The lowest BCUT2D eigenvalue weighted by molar-refractivity contribution is -0.384. The van der Waals surface area contributed by atoms with E-state index in [-0.39, 0.29) is 23.4 Å². The molecule has 0 aromatic heterocycles. The van der Waals surface area contributed by atoms with E-state index < -0.39 is 34.5 Å². The molecule has 4 atom stereocenters. The molecule has 0 N–H and O–H groups in total. The van der Waals surface area contributed by atoms with E-state index in [1.807, 2.05) is 4.90 Å². The molecule has 0 saturated carbocycles. The van der Waals surface area contributed by atoms with Crippen molar-refractivity contribution < 1.29 is 23.7 Å². The van der Waals surface area contributed by atoms with Crippen LogP contribution in [0, 0.1) is 34.7 Å². The van der Waals surface area contributed by atoms with Crippen molar-refractivity contribution in [2.24, 2.45) is 11.8 Å². The first-order chi connectivity index (χ1) is 15.3. The summed E-state index contributed by atoms with van der Waals surface area (Å²) in [4.78, 5) is 54.0. The summed E-state index contributed by atoms with van der Waals surface area (Å²) >= 11 is 0. The zero-order valence-corrected chi connectivity index (χ0v) is 17.2. The summed E-state index contributed by atoms with van der Waals surface area (Å²) in [5.74, 6) is -3.08. The Morgan fingerprint density at radius 3 is 2.44 bits per heavy atom. The second kappa shape index (κ2) is 7.30. The summed E-state index contributed by atoms with van der Waals surface area (Å²) in [6.07, 6.45) is 1.53. The van der Waals surface area contributed by atoms with Crippen molar-refractivity contribution >= 4 is 29.0 Å². The first-order valence-electron chi connectivity index (χ1n) is 10.5. The number of hydrogen-bond acceptors (Lipinski definition) is 6. The number of halogens is 1. The van der Waals surface area contributed by atoms with Crippen molar-refractivity contribution in [3.05, 3.63) is 69.5 Å². The van der Waals surface area contributed by atoms with E-state index >= 15 is 0 Å². The van der Waals surface area contributed by atoms with Crippen LogP contribution in [-0.2, 0) is 9.59 Å². The number of carbonyl (C=O) groups is 3. The number of imide groups is 1. The summed E-state index contributed by atoms with van der Waals surface area (Å²) in [6.45, 7) is 2.23. The average Bonchev–Trinajstić information content (AvgIpc) is 3.40. The minimum atomic E-state index is -0.833. The number of amides is 2. The number of carbonyl (C=O) groups excluding carboxylic acids is 3. The zero-order chi connectivity index (χ0) is 22.7. The largest absolute Gasteiger partial charge is 0.292 e. The number of benzene rings is 2. The molecule has 3 saturated heterocycles. The van der Waals surface area contributed by atoms with Gasteiger partial charge in [0.05, 0.1) is 28.5 Å². The van der Waals surface area contributed by atoms with Gasteiger partial charge in [-0.15, -0.1) is 0 Å². The Kier molecular flexibility index (Phi) is 4.67. The van der Waals surface area contributed by atoms with Gasteiger partial charge in [-0.1, -0.05) is 0 Å². The van der Waals surface area contributed by atoms with E-state index in [1.165, 1.54) is 42.5 Å². The maximum absolute atomic E-state index is 13.5. The number of anilines is 1. The smallest absolute Gasteiger partial charge is 0.269 e. The third-order valence-electron chi connectivity index (χ3n) is 6.88. The predicted octanol–water partition coefficient (Wildman–Crippen LogP) is 2.88. The minimum absolute atomic E-state index is 0.128. The van der Waals surface area contributed by atoms with Crippen molar-refractivity contribution in [1.82, 2.24) is 4.90 Å². The monoisotopic (exact) mass is 437 g/mol. The van der Waals surface area contributed by atoms with Gasteiger partial charge in [0.2, 0.25) is 11.8 Å². The van der Waals surface area contributed by atoms with Gasteiger partial charge in [-0.3, -0.25) is 29.4 Å². The van der Waals surface area contributed by atoms with Crippen LogP contribution in [0.2, 0.25) is 0 Å². The van der Waals surface area contributed by atoms with Gasteiger partial charge in [0.25, 0.3) is 5.69 Å². The lowest BCUT2D eigenvalue weighted by Crippen LogP contribution is -2.46. The SMILES string of the molecule is Cc1cc([N+](=O)[O-])ccc1N1C(=O)[C@H]2[C@H](C1=O)[C@@H](C(=O)c1ccc(F)cc1)N1CCC[C@H]21. The number of hydrogen-bond donors (Lipinski definition) is 0. The highest BCUT2D eigenvalue weighted by Gasteiger charge is 2.64. The van der Waals surface area contributed by atoms with Gasteiger partial charge in [-0.05, 0) is 62.2 Å². The van der Waals surface area contributed by atoms with E-state index in [4.69, 9.17) is 0 Å². The third kappa shape index (κ3) is 2.88. The zero-order valence-electron chi connectivity index (χ0n) is 17.2. The van der Waals surface area contributed by atoms with Gasteiger partial charge in [-0.2, -0.15) is 0 Å². The Hall–Kier alpha value is -3.46. The highest BCUT2D eigenvalue weighted by Crippen LogP contribution is 2.49. The molecule has 8 nitrogen and oxygen atoms in total. The second-order valence-electron chi connectivity index (χ2n) is 8.55. The predicted molar refractivity (Wildman–Crippen MR) is 112 cm³/mol. The molecule has 164 valence electrons. The minimum Gasteiger partial charge on any atom is -0.292 e. The summed E-state index contributed by atoms with van der Waals surface area (Å²) in [7, 11) is 0. The van der Waals surface area contributed by atoms with E-state index in [2.05, 4.69) is 0 Å². The number of ketones is 1. The highest BCUT2D eigenvalue weighted by atomic mass is 19.1. The van der Waals surface area contributed by atoms with E-state index in [9.17, 15) is 28.9 Å². The summed E-state index contributed by atoms with van der Waals surface area (Å²) < 4.78 is 13.4. The summed E-state index contributed by atoms with van der Waals surface area (Å²) in [6, 6.07) is 8.20. The van der Waals surface area contributed by atoms with Gasteiger partial charge in [0, 0.05) is 23.7 Å². The molecule has 5 rings (SSSR count). The van der Waals surface area contributed by atoms with E-state index in [0.717, 1.165) is 11.3 Å². The average molecular weight is 437 g/mol. The second-order valence-corrected chi connectivity index (χ2v) is 8.55. The molecule has 0 unspecified atom stereocenters. The molecular formula is C23H20FN3O5. The fourth-order valence-corrected chi connectivity index (χ4v) is 5.54. The van der Waals surface area contributed by atoms with Crippen LogP contribution in [0.5, 0.6) is 0 Å². The molecule has 0 spiro atoms. The topological polar surface area (TPSA) is 101 Å². The molecule has 0 radical (unpaired) electrons. The number of rotatable bonds is 4. The Morgan fingerprint density at radius 2 is 1.78 bits per heavy atom. The number of non-ortho nitro benzene ring substituents is 1. The van der Waals surface area contributed by atoms with Crippen LogP contribution in [0.3, 0.4) is 0 Å². The van der Waals surface area contributed by atoms with Crippen LogP contribution in [-0.4, -0.2) is 46.0 Å². The summed E-state index contributed by atoms with van der Waals surface area (Å²) in [5, 5.41) is 11.1. The lowest BCUT2D eigenvalue weighted by atomic mass is 9.85.